The summed E-state index contributed by atoms with van der Waals surface area (Å²) in [5.41, 5.74) is 0. The van der Waals surface area contributed by atoms with Gasteiger partial charge in [0.1, 0.15) is 0 Å². The maximum absolute atomic E-state index is 2.16. The van der Waals surface area contributed by atoms with E-state index in [1.807, 2.05) is 0 Å². The fraction of sp³-hybridized carbons (Fsp3) is 0.200. The predicted octanol–water partition coefficient (Wildman–Crippen LogP) is 1.53. The summed E-state index contributed by atoms with van der Waals surface area (Å²) in [4.78, 5) is 0. The summed E-state index contributed by atoms with van der Waals surface area (Å²) in [6, 6.07) is 0. The van der Waals surface area contributed by atoms with Gasteiger partial charge in [0.25, 0.3) is 0 Å². The second-order valence-corrected chi connectivity index (χ2v) is 2.33. The number of hydrogen-bond acceptors (Lipinski definition) is 0. The number of hydrogen-bond donors (Lipinski definition) is 0. The Hall–Kier alpha value is 0.124. The molecular formula is C5H6FTi. The summed E-state index contributed by atoms with van der Waals surface area (Å²) in [6.45, 7) is 0. The van der Waals surface area contributed by atoms with Crippen molar-refractivity contribution in [2.45, 2.75) is 6.42 Å². The van der Waals surface area contributed by atoms with E-state index in [1.165, 1.54) is 10.3 Å². The molecule has 0 fully saturated rings. The van der Waals surface area contributed by atoms with E-state index in [-0.39, 0.29) is 4.70 Å². The number of rotatable bonds is 0. The van der Waals surface area contributed by atoms with Gasteiger partial charge < -0.3 is 0 Å². The summed E-state index contributed by atoms with van der Waals surface area (Å²) < 4.78 is 1.47. The normalized spacial score (nSPS) is 15.6. The summed E-state index contributed by atoms with van der Waals surface area (Å²) in [6.07, 6.45) is 7.56. The third kappa shape index (κ3) is 2.05. The van der Waals surface area contributed by atoms with Crippen molar-refractivity contribution in [3.05, 3.63) is 22.1 Å². The molecule has 1 rings (SSSR count). The van der Waals surface area contributed by atoms with Crippen molar-refractivity contribution in [1.29, 1.82) is 0 Å². The van der Waals surface area contributed by atoms with Crippen molar-refractivity contribution in [2.24, 2.45) is 0 Å². The first-order chi connectivity index (χ1) is 2.89. The molecule has 1 aliphatic rings. The Balaban J connectivity index is 0.000000360. The molecule has 0 spiro atoms. The minimum atomic E-state index is 0. The molecule has 0 heterocycles. The molecule has 0 saturated carbocycles. The molecule has 0 amide bonds. The zero-order chi connectivity index (χ0) is 4.41. The Morgan fingerprint density at radius 3 is 2.43 bits per heavy atom. The molecule has 0 radical (unpaired) electrons. The zero-order valence-corrected chi connectivity index (χ0v) is 5.41. The molecule has 0 aliphatic heterocycles. The Morgan fingerprint density at radius 1 is 1.57 bits per heavy atom. The number of allylic oxidation sites excluding steroid dienone is 4. The van der Waals surface area contributed by atoms with E-state index < -0.39 is 0 Å². The van der Waals surface area contributed by atoms with E-state index in [1.54, 1.807) is 0 Å². The molecule has 0 saturated heterocycles. The van der Waals surface area contributed by atoms with Crippen LogP contribution >= 0.6 is 0 Å². The van der Waals surface area contributed by atoms with E-state index in [4.69, 9.17) is 0 Å². The van der Waals surface area contributed by atoms with Gasteiger partial charge in [-0.05, 0) is 0 Å². The zero-order valence-electron chi connectivity index (χ0n) is 3.85. The van der Waals surface area contributed by atoms with Crippen LogP contribution in [0.4, 0.5) is 4.70 Å². The van der Waals surface area contributed by atoms with Gasteiger partial charge in [-0.3, -0.25) is 4.70 Å². The van der Waals surface area contributed by atoms with Crippen LogP contribution in [0.1, 0.15) is 6.42 Å². The van der Waals surface area contributed by atoms with E-state index in [2.05, 4.69) is 38.7 Å². The fourth-order valence-electron chi connectivity index (χ4n) is 0.447. The summed E-state index contributed by atoms with van der Waals surface area (Å²) in [5.74, 6) is 0. The van der Waals surface area contributed by atoms with E-state index in [9.17, 15) is 0 Å². The standard InChI is InChI=1S/C5H5.FH.Ti/c1-2-4-5-3-1;;/h1-3H,4H2;1H;. The van der Waals surface area contributed by atoms with Gasteiger partial charge in [0.05, 0.1) is 0 Å². The van der Waals surface area contributed by atoms with Crippen molar-refractivity contribution in [3.63, 3.8) is 0 Å². The molecule has 0 atom stereocenters. The average molecular weight is 133 g/mol. The van der Waals surface area contributed by atoms with Gasteiger partial charge in [-0.2, -0.15) is 0 Å². The molecule has 0 N–H and O–H groups in total. The van der Waals surface area contributed by atoms with Crippen molar-refractivity contribution < 1.29 is 25.1 Å². The van der Waals surface area contributed by atoms with Gasteiger partial charge in [0.2, 0.25) is 0 Å². The van der Waals surface area contributed by atoms with Crippen molar-refractivity contribution in [3.8, 4) is 0 Å². The SMILES string of the molecule is F.[Ti][C]1=CC=CC1. The first-order valence-electron chi connectivity index (χ1n) is 1.97. The van der Waals surface area contributed by atoms with Crippen LogP contribution in [0.2, 0.25) is 0 Å². The monoisotopic (exact) mass is 133 g/mol. The van der Waals surface area contributed by atoms with Gasteiger partial charge >= 0.3 is 49.0 Å². The van der Waals surface area contributed by atoms with Crippen LogP contribution in [0.25, 0.3) is 0 Å². The first kappa shape index (κ1) is 7.12. The van der Waals surface area contributed by atoms with Crippen LogP contribution in [-0.2, 0) is 20.4 Å². The molecule has 2 heteroatoms. The molecule has 7 heavy (non-hydrogen) atoms. The summed E-state index contributed by atoms with van der Waals surface area (Å²) in [5, 5.41) is 0. The second-order valence-electron chi connectivity index (χ2n) is 1.32. The molecular weight excluding hydrogens is 127 g/mol. The quantitative estimate of drug-likeness (QED) is 0.439. The van der Waals surface area contributed by atoms with Crippen LogP contribution in [-0.4, -0.2) is 0 Å². The van der Waals surface area contributed by atoms with Gasteiger partial charge in [0.15, 0.2) is 0 Å². The average Bonchev–Trinajstić information content (AvgIpc) is 1.86. The minimum absolute atomic E-state index is 0. The van der Waals surface area contributed by atoms with Crippen LogP contribution in [0.5, 0.6) is 0 Å². The number of halogens is 1. The second kappa shape index (κ2) is 3.17. The third-order valence-corrected chi connectivity index (χ3v) is 1.35. The van der Waals surface area contributed by atoms with Crippen LogP contribution in [0.15, 0.2) is 22.1 Å². The molecule has 0 nitrogen and oxygen atoms in total. The van der Waals surface area contributed by atoms with Crippen molar-refractivity contribution in [2.75, 3.05) is 0 Å². The van der Waals surface area contributed by atoms with Gasteiger partial charge in [-0.1, -0.05) is 0 Å². The first-order valence-corrected chi connectivity index (χ1v) is 2.75. The van der Waals surface area contributed by atoms with E-state index in [0.29, 0.717) is 0 Å². The Kier molecular flexibility index (Phi) is 3.22. The Bertz CT molecular complexity index is 105. The van der Waals surface area contributed by atoms with Crippen LogP contribution in [0.3, 0.4) is 0 Å². The molecule has 37 valence electrons. The van der Waals surface area contributed by atoms with Crippen LogP contribution < -0.4 is 0 Å². The topological polar surface area (TPSA) is 0 Å². The van der Waals surface area contributed by atoms with Gasteiger partial charge in [-0.15, -0.1) is 0 Å². The van der Waals surface area contributed by atoms with Crippen molar-refractivity contribution in [1.82, 2.24) is 0 Å². The molecule has 0 aromatic heterocycles. The van der Waals surface area contributed by atoms with Gasteiger partial charge in [0, 0.05) is 0 Å². The predicted molar refractivity (Wildman–Crippen MR) is 24.3 cm³/mol. The van der Waals surface area contributed by atoms with Crippen LogP contribution in [0, 0.1) is 0 Å². The van der Waals surface area contributed by atoms with E-state index in [0.717, 1.165) is 0 Å². The van der Waals surface area contributed by atoms with E-state index >= 15 is 0 Å². The maximum atomic E-state index is 2.16. The fourth-order valence-corrected chi connectivity index (χ4v) is 0.782. The Morgan fingerprint density at radius 2 is 2.29 bits per heavy atom. The molecule has 0 aromatic rings. The molecule has 0 unspecified atom stereocenters. The molecule has 0 aromatic carbocycles. The summed E-state index contributed by atoms with van der Waals surface area (Å²) >= 11 is 2.14. The summed E-state index contributed by atoms with van der Waals surface area (Å²) in [7, 11) is 0. The van der Waals surface area contributed by atoms with Crippen molar-refractivity contribution >= 4 is 0 Å². The third-order valence-electron chi connectivity index (χ3n) is 0.771. The molecule has 0 bridgehead atoms. The Labute approximate surface area is 54.1 Å². The van der Waals surface area contributed by atoms with Gasteiger partial charge in [-0.25, -0.2) is 0 Å². The molecule has 1 aliphatic carbocycles.